The van der Waals surface area contributed by atoms with Crippen molar-refractivity contribution in [3.63, 3.8) is 0 Å². The monoisotopic (exact) mass is 460 g/mol. The van der Waals surface area contributed by atoms with Gasteiger partial charge >= 0.3 is 0 Å². The molecule has 0 atom stereocenters. The number of nitrogens with zero attached hydrogens (tertiary/aromatic N) is 4. The van der Waals surface area contributed by atoms with E-state index in [9.17, 15) is 9.59 Å². The highest BCUT2D eigenvalue weighted by molar-refractivity contribution is 7.15. The first-order valence-corrected chi connectivity index (χ1v) is 12.3. The average molecular weight is 461 g/mol. The zero-order valence-corrected chi connectivity index (χ0v) is 19.4. The quantitative estimate of drug-likeness (QED) is 0.596. The predicted molar refractivity (Wildman–Crippen MR) is 133 cm³/mol. The normalized spacial score (nSPS) is 16.7. The van der Waals surface area contributed by atoms with Crippen molar-refractivity contribution >= 4 is 34.5 Å². The van der Waals surface area contributed by atoms with Crippen LogP contribution < -0.4 is 9.80 Å². The van der Waals surface area contributed by atoms with Crippen LogP contribution in [0.15, 0.2) is 72.8 Å². The van der Waals surface area contributed by atoms with Crippen LogP contribution in [-0.2, 0) is 0 Å². The second-order valence-corrected chi connectivity index (χ2v) is 9.48. The molecule has 0 N–H and O–H groups in total. The van der Waals surface area contributed by atoms with Crippen molar-refractivity contribution in [3.8, 4) is 0 Å². The van der Waals surface area contributed by atoms with E-state index in [1.165, 1.54) is 22.7 Å². The zero-order chi connectivity index (χ0) is 22.6. The van der Waals surface area contributed by atoms with Gasteiger partial charge in [-0.05, 0) is 36.4 Å². The van der Waals surface area contributed by atoms with E-state index < -0.39 is 0 Å². The topological polar surface area (TPSA) is 47.1 Å². The number of piperazine rings is 2. The Morgan fingerprint density at radius 3 is 1.24 bits per heavy atom. The minimum atomic E-state index is 0.0284. The van der Waals surface area contributed by atoms with E-state index in [4.69, 9.17) is 0 Å². The SMILES string of the molecule is O=C(c1ccc(C(=O)N2CCN(c3ccccc3)CC2)s1)N1CCN(c2ccccc2)CC1. The first-order valence-electron chi connectivity index (χ1n) is 11.5. The molecule has 7 heteroatoms. The molecule has 1 aromatic heterocycles. The lowest BCUT2D eigenvalue weighted by Gasteiger charge is -2.36. The van der Waals surface area contributed by atoms with E-state index in [0.717, 1.165) is 26.2 Å². The Bertz CT molecular complexity index is 1000. The van der Waals surface area contributed by atoms with Crippen LogP contribution in [0.1, 0.15) is 19.3 Å². The third kappa shape index (κ3) is 4.73. The van der Waals surface area contributed by atoms with E-state index in [-0.39, 0.29) is 11.8 Å². The van der Waals surface area contributed by atoms with Crippen LogP contribution in [0.2, 0.25) is 0 Å². The molecule has 2 aliphatic rings. The molecule has 2 aromatic carbocycles. The third-order valence-corrected chi connectivity index (χ3v) is 7.47. The summed E-state index contributed by atoms with van der Waals surface area (Å²) >= 11 is 1.32. The van der Waals surface area contributed by atoms with Gasteiger partial charge in [0, 0.05) is 63.7 Å². The van der Waals surface area contributed by atoms with Crippen LogP contribution in [0.25, 0.3) is 0 Å². The van der Waals surface area contributed by atoms with Crippen molar-refractivity contribution in [3.05, 3.63) is 82.6 Å². The summed E-state index contributed by atoms with van der Waals surface area (Å²) in [5.74, 6) is 0.0568. The smallest absolute Gasteiger partial charge is 0.264 e. The number of rotatable bonds is 4. The first kappa shape index (κ1) is 21.5. The van der Waals surface area contributed by atoms with Crippen molar-refractivity contribution < 1.29 is 9.59 Å². The van der Waals surface area contributed by atoms with Gasteiger partial charge in [-0.3, -0.25) is 9.59 Å². The van der Waals surface area contributed by atoms with Crippen molar-refractivity contribution in [2.45, 2.75) is 0 Å². The summed E-state index contributed by atoms with van der Waals surface area (Å²) in [6.45, 7) is 6.04. The number of carbonyl (C=O) groups excluding carboxylic acids is 2. The van der Waals surface area contributed by atoms with Crippen LogP contribution in [0.4, 0.5) is 11.4 Å². The summed E-state index contributed by atoms with van der Waals surface area (Å²) in [5, 5.41) is 0. The molecule has 0 spiro atoms. The van der Waals surface area contributed by atoms with Gasteiger partial charge < -0.3 is 19.6 Å². The summed E-state index contributed by atoms with van der Waals surface area (Å²) in [6, 6.07) is 24.2. The van der Waals surface area contributed by atoms with Gasteiger partial charge in [-0.25, -0.2) is 0 Å². The Morgan fingerprint density at radius 2 is 0.879 bits per heavy atom. The van der Waals surface area contributed by atoms with Crippen LogP contribution >= 0.6 is 11.3 Å². The largest absolute Gasteiger partial charge is 0.368 e. The molecule has 2 amide bonds. The third-order valence-electron chi connectivity index (χ3n) is 6.40. The minimum Gasteiger partial charge on any atom is -0.368 e. The average Bonchev–Trinajstić information content (AvgIpc) is 3.39. The summed E-state index contributed by atoms with van der Waals surface area (Å²) in [5.41, 5.74) is 2.39. The number of amides is 2. The Balaban J connectivity index is 1.16. The van der Waals surface area contributed by atoms with E-state index in [2.05, 4.69) is 34.1 Å². The number of thiophene rings is 1. The van der Waals surface area contributed by atoms with Gasteiger partial charge in [0.15, 0.2) is 0 Å². The van der Waals surface area contributed by atoms with E-state index in [1.807, 2.05) is 58.3 Å². The lowest BCUT2D eigenvalue weighted by atomic mass is 10.2. The summed E-state index contributed by atoms with van der Waals surface area (Å²) < 4.78 is 0. The van der Waals surface area contributed by atoms with E-state index in [0.29, 0.717) is 35.9 Å². The van der Waals surface area contributed by atoms with Crippen LogP contribution in [0.5, 0.6) is 0 Å². The zero-order valence-electron chi connectivity index (χ0n) is 18.6. The van der Waals surface area contributed by atoms with Gasteiger partial charge in [0.05, 0.1) is 9.75 Å². The molecule has 6 nitrogen and oxygen atoms in total. The fourth-order valence-corrected chi connectivity index (χ4v) is 5.43. The summed E-state index contributed by atoms with van der Waals surface area (Å²) in [6.07, 6.45) is 0. The Kier molecular flexibility index (Phi) is 6.30. The molecule has 2 aliphatic heterocycles. The van der Waals surface area contributed by atoms with Gasteiger partial charge in [-0.2, -0.15) is 0 Å². The van der Waals surface area contributed by atoms with Gasteiger partial charge in [0.2, 0.25) is 0 Å². The number of hydrogen-bond donors (Lipinski definition) is 0. The van der Waals surface area contributed by atoms with Crippen LogP contribution in [0, 0.1) is 0 Å². The molecule has 2 saturated heterocycles. The summed E-state index contributed by atoms with van der Waals surface area (Å²) in [4.78, 5) is 35.8. The molecule has 0 saturated carbocycles. The molecule has 3 heterocycles. The lowest BCUT2D eigenvalue weighted by Crippen LogP contribution is -2.48. The summed E-state index contributed by atoms with van der Waals surface area (Å²) in [7, 11) is 0. The Morgan fingerprint density at radius 1 is 0.515 bits per heavy atom. The number of carbonyl (C=O) groups is 2. The maximum Gasteiger partial charge on any atom is 0.264 e. The van der Waals surface area contributed by atoms with Crippen molar-refractivity contribution in [1.82, 2.24) is 9.80 Å². The molecule has 0 unspecified atom stereocenters. The highest BCUT2D eigenvalue weighted by Gasteiger charge is 2.27. The fraction of sp³-hybridized carbons (Fsp3) is 0.308. The maximum atomic E-state index is 13.0. The molecule has 3 aromatic rings. The van der Waals surface area contributed by atoms with Gasteiger partial charge in [-0.15, -0.1) is 11.3 Å². The number of hydrogen-bond acceptors (Lipinski definition) is 5. The van der Waals surface area contributed by atoms with Gasteiger partial charge in [0.25, 0.3) is 11.8 Å². The standard InChI is InChI=1S/C26H28N4O2S/c31-25(29-17-13-27(14-18-29)21-7-3-1-4-8-21)23-11-12-24(33-23)26(32)30-19-15-28(16-20-30)22-9-5-2-6-10-22/h1-12H,13-20H2. The highest BCUT2D eigenvalue weighted by Crippen LogP contribution is 2.23. The Labute approximate surface area is 198 Å². The number of anilines is 2. The van der Waals surface area contributed by atoms with E-state index in [1.54, 1.807) is 0 Å². The molecular formula is C26H28N4O2S. The van der Waals surface area contributed by atoms with Crippen LogP contribution in [-0.4, -0.2) is 74.0 Å². The predicted octanol–water partition coefficient (Wildman–Crippen LogP) is 3.67. The second-order valence-electron chi connectivity index (χ2n) is 8.39. The van der Waals surface area contributed by atoms with E-state index >= 15 is 0 Å². The molecule has 0 aliphatic carbocycles. The molecule has 170 valence electrons. The van der Waals surface area contributed by atoms with Gasteiger partial charge in [0.1, 0.15) is 0 Å². The molecule has 33 heavy (non-hydrogen) atoms. The molecular weight excluding hydrogens is 432 g/mol. The number of benzene rings is 2. The van der Waals surface area contributed by atoms with Crippen molar-refractivity contribution in [2.75, 3.05) is 62.2 Å². The van der Waals surface area contributed by atoms with Gasteiger partial charge in [-0.1, -0.05) is 36.4 Å². The van der Waals surface area contributed by atoms with Crippen molar-refractivity contribution in [1.29, 1.82) is 0 Å². The molecule has 5 rings (SSSR count). The molecule has 0 radical (unpaired) electrons. The molecule has 0 bridgehead atoms. The van der Waals surface area contributed by atoms with Crippen LogP contribution in [0.3, 0.4) is 0 Å². The lowest BCUT2D eigenvalue weighted by molar-refractivity contribution is 0.0746. The fourth-order valence-electron chi connectivity index (χ4n) is 4.49. The highest BCUT2D eigenvalue weighted by atomic mass is 32.1. The second kappa shape index (κ2) is 9.67. The first-order chi connectivity index (χ1) is 16.2. The Hall–Kier alpha value is -3.32. The molecule has 2 fully saturated rings. The minimum absolute atomic E-state index is 0.0284. The van der Waals surface area contributed by atoms with Crippen molar-refractivity contribution in [2.24, 2.45) is 0 Å². The maximum absolute atomic E-state index is 13.0. The number of para-hydroxylation sites is 2.